The molecule has 5 nitrogen and oxygen atoms in total. The lowest BCUT2D eigenvalue weighted by molar-refractivity contribution is 0.0951. The summed E-state index contributed by atoms with van der Waals surface area (Å²) < 4.78 is 0. The van der Waals surface area contributed by atoms with Crippen molar-refractivity contribution < 1.29 is 4.79 Å². The second kappa shape index (κ2) is 5.15. The number of rotatable bonds is 3. The molecule has 0 unspecified atom stereocenters. The molecule has 1 amide bonds. The smallest absolute Gasteiger partial charge is 0.251 e. The molecule has 0 aliphatic heterocycles. The molecule has 90 valence electrons. The van der Waals surface area contributed by atoms with Crippen LogP contribution < -0.4 is 5.32 Å². The lowest BCUT2D eigenvalue weighted by Gasteiger charge is -2.04. The van der Waals surface area contributed by atoms with Gasteiger partial charge in [-0.15, -0.1) is 0 Å². The fourth-order valence-corrected chi connectivity index (χ4v) is 1.56. The van der Waals surface area contributed by atoms with E-state index in [1.165, 1.54) is 0 Å². The van der Waals surface area contributed by atoms with E-state index in [0.29, 0.717) is 17.7 Å². The zero-order valence-electron chi connectivity index (χ0n) is 9.90. The molecule has 0 saturated heterocycles. The summed E-state index contributed by atoms with van der Waals surface area (Å²) in [7, 11) is 0. The number of H-pyrrole nitrogens is 1. The van der Waals surface area contributed by atoms with Gasteiger partial charge in [-0.1, -0.05) is 6.07 Å². The highest BCUT2D eigenvalue weighted by Gasteiger charge is 2.07. The summed E-state index contributed by atoms with van der Waals surface area (Å²) in [5.41, 5.74) is 2.83. The fourth-order valence-electron chi connectivity index (χ4n) is 1.56. The van der Waals surface area contributed by atoms with E-state index in [0.717, 1.165) is 11.3 Å². The van der Waals surface area contributed by atoms with Gasteiger partial charge in [-0.25, -0.2) is 0 Å². The first kappa shape index (κ1) is 11.9. The quantitative estimate of drug-likeness (QED) is 0.853. The Morgan fingerprint density at radius 1 is 1.56 bits per heavy atom. The third-order valence-corrected chi connectivity index (χ3v) is 2.63. The molecular formula is C13H12N4O. The van der Waals surface area contributed by atoms with Gasteiger partial charge in [-0.3, -0.25) is 9.89 Å². The first-order valence-electron chi connectivity index (χ1n) is 5.48. The van der Waals surface area contributed by atoms with E-state index in [4.69, 9.17) is 5.26 Å². The normalized spacial score (nSPS) is 9.78. The highest BCUT2D eigenvalue weighted by Crippen LogP contribution is 2.06. The summed E-state index contributed by atoms with van der Waals surface area (Å²) in [5, 5.41) is 18.2. The molecule has 0 saturated carbocycles. The van der Waals surface area contributed by atoms with Crippen molar-refractivity contribution in [2.24, 2.45) is 0 Å². The van der Waals surface area contributed by atoms with Crippen molar-refractivity contribution in [1.82, 2.24) is 15.5 Å². The number of aryl methyl sites for hydroxylation is 1. The number of carbonyl (C=O) groups is 1. The van der Waals surface area contributed by atoms with Gasteiger partial charge in [0.2, 0.25) is 0 Å². The molecular weight excluding hydrogens is 228 g/mol. The monoisotopic (exact) mass is 240 g/mol. The summed E-state index contributed by atoms with van der Waals surface area (Å²) >= 11 is 0. The highest BCUT2D eigenvalue weighted by atomic mass is 16.1. The number of nitriles is 1. The van der Waals surface area contributed by atoms with Crippen molar-refractivity contribution in [2.45, 2.75) is 13.5 Å². The van der Waals surface area contributed by atoms with Crippen LogP contribution in [0.2, 0.25) is 0 Å². The molecule has 1 aromatic heterocycles. The molecule has 2 N–H and O–H groups in total. The van der Waals surface area contributed by atoms with Gasteiger partial charge in [0.25, 0.3) is 5.91 Å². The summed E-state index contributed by atoms with van der Waals surface area (Å²) in [6, 6.07) is 8.61. The maximum Gasteiger partial charge on any atom is 0.251 e. The first-order valence-corrected chi connectivity index (χ1v) is 5.48. The van der Waals surface area contributed by atoms with Crippen LogP contribution in [0.4, 0.5) is 0 Å². The number of amides is 1. The Bertz CT molecular complexity index is 609. The average Bonchev–Trinajstić information content (AvgIpc) is 2.81. The van der Waals surface area contributed by atoms with Crippen LogP contribution in [0.25, 0.3) is 0 Å². The van der Waals surface area contributed by atoms with E-state index in [1.807, 2.05) is 13.0 Å². The van der Waals surface area contributed by atoms with E-state index in [1.54, 1.807) is 30.5 Å². The van der Waals surface area contributed by atoms with Crippen LogP contribution in [-0.4, -0.2) is 16.1 Å². The topological polar surface area (TPSA) is 81.6 Å². The molecule has 0 fully saturated rings. The molecule has 2 aromatic rings. The first-order chi connectivity index (χ1) is 8.70. The van der Waals surface area contributed by atoms with Gasteiger partial charge in [0.1, 0.15) is 0 Å². The van der Waals surface area contributed by atoms with Crippen LogP contribution in [0.5, 0.6) is 0 Å². The second-order valence-corrected chi connectivity index (χ2v) is 3.90. The molecule has 18 heavy (non-hydrogen) atoms. The van der Waals surface area contributed by atoms with E-state index >= 15 is 0 Å². The number of aromatic amines is 1. The van der Waals surface area contributed by atoms with Gasteiger partial charge in [-0.05, 0) is 25.1 Å². The minimum Gasteiger partial charge on any atom is -0.348 e. The predicted molar refractivity (Wildman–Crippen MR) is 65.7 cm³/mol. The van der Waals surface area contributed by atoms with E-state index in [2.05, 4.69) is 15.5 Å². The van der Waals surface area contributed by atoms with Crippen molar-refractivity contribution >= 4 is 5.91 Å². The molecule has 2 rings (SSSR count). The van der Waals surface area contributed by atoms with Gasteiger partial charge >= 0.3 is 0 Å². The Kier molecular flexibility index (Phi) is 3.39. The number of hydrogen-bond acceptors (Lipinski definition) is 3. The van der Waals surface area contributed by atoms with Gasteiger partial charge < -0.3 is 5.32 Å². The molecule has 0 aliphatic carbocycles. The van der Waals surface area contributed by atoms with Gasteiger partial charge in [0.15, 0.2) is 0 Å². The van der Waals surface area contributed by atoms with Crippen molar-refractivity contribution in [2.75, 3.05) is 0 Å². The number of hydrogen-bond donors (Lipinski definition) is 2. The Morgan fingerprint density at radius 2 is 2.39 bits per heavy atom. The van der Waals surface area contributed by atoms with E-state index in [-0.39, 0.29) is 5.91 Å². The summed E-state index contributed by atoms with van der Waals surface area (Å²) in [5.74, 6) is -0.201. The zero-order chi connectivity index (χ0) is 13.0. The summed E-state index contributed by atoms with van der Waals surface area (Å²) in [6.07, 6.45) is 1.68. The lowest BCUT2D eigenvalue weighted by atomic mass is 10.1. The summed E-state index contributed by atoms with van der Waals surface area (Å²) in [6.45, 7) is 2.31. The van der Waals surface area contributed by atoms with Crippen molar-refractivity contribution in [3.63, 3.8) is 0 Å². The SMILES string of the molecule is Cc1[nH]ncc1CNC(=O)c1cccc(C#N)c1. The van der Waals surface area contributed by atoms with Crippen LogP contribution in [0.15, 0.2) is 30.5 Å². The Hall–Kier alpha value is -2.61. The molecule has 0 aliphatic rings. The van der Waals surface area contributed by atoms with Crippen LogP contribution >= 0.6 is 0 Å². The minimum atomic E-state index is -0.201. The number of carbonyl (C=O) groups excluding carboxylic acids is 1. The Labute approximate surface area is 104 Å². The van der Waals surface area contributed by atoms with Gasteiger partial charge in [0.05, 0.1) is 17.8 Å². The van der Waals surface area contributed by atoms with Gasteiger partial charge in [-0.2, -0.15) is 10.4 Å². The standard InChI is InChI=1S/C13H12N4O/c1-9-12(8-16-17-9)7-15-13(18)11-4-2-3-10(5-11)6-14/h2-5,8H,7H2,1H3,(H,15,18)(H,16,17). The zero-order valence-corrected chi connectivity index (χ0v) is 9.90. The fraction of sp³-hybridized carbons (Fsp3) is 0.154. The minimum absolute atomic E-state index is 0.201. The third kappa shape index (κ3) is 2.55. The molecule has 0 bridgehead atoms. The molecule has 0 radical (unpaired) electrons. The summed E-state index contributed by atoms with van der Waals surface area (Å²) in [4.78, 5) is 11.9. The number of benzene rings is 1. The Balaban J connectivity index is 2.04. The van der Waals surface area contributed by atoms with Crippen LogP contribution in [-0.2, 0) is 6.54 Å². The highest BCUT2D eigenvalue weighted by molar-refractivity contribution is 5.94. The van der Waals surface area contributed by atoms with Gasteiger partial charge in [0, 0.05) is 23.4 Å². The lowest BCUT2D eigenvalue weighted by Crippen LogP contribution is -2.22. The number of nitrogens with one attached hydrogen (secondary N) is 2. The average molecular weight is 240 g/mol. The molecule has 5 heteroatoms. The van der Waals surface area contributed by atoms with Crippen molar-refractivity contribution in [1.29, 1.82) is 5.26 Å². The molecule has 1 aromatic carbocycles. The molecule has 0 spiro atoms. The number of aromatic nitrogens is 2. The van der Waals surface area contributed by atoms with E-state index in [9.17, 15) is 4.79 Å². The number of nitrogens with zero attached hydrogens (tertiary/aromatic N) is 2. The van der Waals surface area contributed by atoms with Crippen LogP contribution in [0.1, 0.15) is 27.2 Å². The predicted octanol–water partition coefficient (Wildman–Crippen LogP) is 1.52. The van der Waals surface area contributed by atoms with Crippen LogP contribution in [0, 0.1) is 18.3 Å². The Morgan fingerprint density at radius 3 is 3.06 bits per heavy atom. The molecule has 1 heterocycles. The maximum atomic E-state index is 11.9. The maximum absolute atomic E-state index is 11.9. The third-order valence-electron chi connectivity index (χ3n) is 2.63. The van der Waals surface area contributed by atoms with E-state index < -0.39 is 0 Å². The largest absolute Gasteiger partial charge is 0.348 e. The molecule has 0 atom stereocenters. The second-order valence-electron chi connectivity index (χ2n) is 3.90. The van der Waals surface area contributed by atoms with Crippen molar-refractivity contribution in [3.05, 3.63) is 52.8 Å². The van der Waals surface area contributed by atoms with Crippen LogP contribution in [0.3, 0.4) is 0 Å². The van der Waals surface area contributed by atoms with Crippen molar-refractivity contribution in [3.8, 4) is 6.07 Å².